The highest BCUT2D eigenvalue weighted by Gasteiger charge is 2.49. The summed E-state index contributed by atoms with van der Waals surface area (Å²) in [4.78, 5) is 33.3. The van der Waals surface area contributed by atoms with Crippen molar-refractivity contribution in [2.45, 2.75) is 44.9 Å². The first-order valence-electron chi connectivity index (χ1n) is 12.8. The summed E-state index contributed by atoms with van der Waals surface area (Å²) in [6, 6.07) is 11.5. The van der Waals surface area contributed by atoms with Gasteiger partial charge in [0.15, 0.2) is 11.5 Å². The molecule has 37 heavy (non-hydrogen) atoms. The first kappa shape index (κ1) is 23.7. The lowest BCUT2D eigenvalue weighted by atomic mass is 9.79. The SMILES string of the molecule is CCOC(=O)N(C)[C@H]1C[C@H]2c3[nH]c4c(-c5ccc6c(c5)OCO6)cccc4c3CCN2C(=O)[C@H]1[C@H](C)O. The van der Waals surface area contributed by atoms with Crippen LogP contribution in [-0.2, 0) is 16.0 Å². The first-order chi connectivity index (χ1) is 17.9. The molecule has 3 aromatic rings. The minimum Gasteiger partial charge on any atom is -0.454 e. The van der Waals surface area contributed by atoms with Crippen LogP contribution in [0.2, 0.25) is 0 Å². The predicted molar refractivity (Wildman–Crippen MR) is 136 cm³/mol. The third-order valence-electron chi connectivity index (χ3n) is 7.99. The summed E-state index contributed by atoms with van der Waals surface area (Å²) in [5.74, 6) is 0.625. The Morgan fingerprint density at radius 2 is 2.08 bits per heavy atom. The Morgan fingerprint density at radius 1 is 1.27 bits per heavy atom. The number of nitrogens with zero attached hydrogens (tertiary/aromatic N) is 2. The van der Waals surface area contributed by atoms with Crippen LogP contribution in [0.1, 0.15) is 37.6 Å². The van der Waals surface area contributed by atoms with Gasteiger partial charge in [0.1, 0.15) is 0 Å². The van der Waals surface area contributed by atoms with E-state index in [0.29, 0.717) is 19.4 Å². The molecule has 3 aliphatic rings. The maximum absolute atomic E-state index is 13.7. The number of hydrogen-bond donors (Lipinski definition) is 2. The van der Waals surface area contributed by atoms with Gasteiger partial charge >= 0.3 is 6.09 Å². The van der Waals surface area contributed by atoms with Crippen LogP contribution >= 0.6 is 0 Å². The van der Waals surface area contributed by atoms with Gasteiger partial charge in [0.25, 0.3) is 0 Å². The quantitative estimate of drug-likeness (QED) is 0.558. The number of carbonyl (C=O) groups is 2. The van der Waals surface area contributed by atoms with Gasteiger partial charge in [0.2, 0.25) is 12.7 Å². The van der Waals surface area contributed by atoms with Crippen LogP contribution in [0.4, 0.5) is 4.79 Å². The van der Waals surface area contributed by atoms with Crippen molar-refractivity contribution in [3.05, 3.63) is 47.7 Å². The van der Waals surface area contributed by atoms with Crippen molar-refractivity contribution >= 4 is 22.9 Å². The van der Waals surface area contributed by atoms with E-state index in [9.17, 15) is 14.7 Å². The Labute approximate surface area is 214 Å². The van der Waals surface area contributed by atoms with Crippen molar-refractivity contribution in [3.8, 4) is 22.6 Å². The van der Waals surface area contributed by atoms with Gasteiger partial charge in [-0.15, -0.1) is 0 Å². The molecule has 0 aliphatic carbocycles. The Morgan fingerprint density at radius 3 is 2.86 bits per heavy atom. The van der Waals surface area contributed by atoms with Crippen molar-refractivity contribution in [3.63, 3.8) is 0 Å². The van der Waals surface area contributed by atoms with E-state index < -0.39 is 24.2 Å². The predicted octanol–water partition coefficient (Wildman–Crippen LogP) is 3.85. The molecule has 1 aromatic heterocycles. The van der Waals surface area contributed by atoms with Crippen molar-refractivity contribution in [1.82, 2.24) is 14.8 Å². The molecule has 2 N–H and O–H groups in total. The summed E-state index contributed by atoms with van der Waals surface area (Å²) in [6.07, 6.45) is -0.155. The van der Waals surface area contributed by atoms with Gasteiger partial charge in [0.05, 0.1) is 36.2 Å². The highest BCUT2D eigenvalue weighted by atomic mass is 16.7. The molecule has 3 aliphatic heterocycles. The van der Waals surface area contributed by atoms with Gasteiger partial charge in [-0.2, -0.15) is 0 Å². The second kappa shape index (κ2) is 8.99. The number of H-pyrrole nitrogens is 1. The molecule has 0 spiro atoms. The number of aliphatic hydroxyl groups excluding tert-OH is 1. The highest BCUT2D eigenvalue weighted by molar-refractivity contribution is 5.98. The maximum Gasteiger partial charge on any atom is 0.409 e. The number of fused-ring (bicyclic) bond motifs is 6. The largest absolute Gasteiger partial charge is 0.454 e. The fraction of sp³-hybridized carbons (Fsp3) is 0.429. The van der Waals surface area contributed by atoms with E-state index in [1.165, 1.54) is 10.5 Å². The van der Waals surface area contributed by atoms with Gasteiger partial charge < -0.3 is 34.1 Å². The molecule has 6 rings (SSSR count). The molecule has 1 saturated heterocycles. The van der Waals surface area contributed by atoms with E-state index in [1.54, 1.807) is 20.9 Å². The summed E-state index contributed by atoms with van der Waals surface area (Å²) < 4.78 is 16.3. The zero-order chi connectivity index (χ0) is 25.8. The second-order valence-electron chi connectivity index (χ2n) is 9.99. The fourth-order valence-corrected chi connectivity index (χ4v) is 6.22. The molecule has 194 valence electrons. The van der Waals surface area contributed by atoms with Gasteiger partial charge in [-0.1, -0.05) is 24.3 Å². The smallest absolute Gasteiger partial charge is 0.409 e. The topological polar surface area (TPSA) is 104 Å². The summed E-state index contributed by atoms with van der Waals surface area (Å²) in [7, 11) is 1.65. The van der Waals surface area contributed by atoms with Gasteiger partial charge in [-0.05, 0) is 49.9 Å². The van der Waals surface area contributed by atoms with Crippen molar-refractivity contribution < 1.29 is 28.9 Å². The number of benzene rings is 2. The maximum atomic E-state index is 13.7. The minimum atomic E-state index is -0.892. The van der Waals surface area contributed by atoms with Gasteiger partial charge in [-0.3, -0.25) is 4.79 Å². The summed E-state index contributed by atoms with van der Waals surface area (Å²) in [5.41, 5.74) is 5.25. The van der Waals surface area contributed by atoms with Gasteiger partial charge in [-0.25, -0.2) is 4.79 Å². The van der Waals surface area contributed by atoms with E-state index in [1.807, 2.05) is 23.1 Å². The van der Waals surface area contributed by atoms with Crippen LogP contribution in [0.3, 0.4) is 0 Å². The average Bonchev–Trinajstić information content (AvgIpc) is 3.52. The highest BCUT2D eigenvalue weighted by Crippen LogP contribution is 2.45. The number of carbonyl (C=O) groups excluding carboxylic acids is 2. The Kier molecular flexibility index (Phi) is 5.75. The monoisotopic (exact) mass is 505 g/mol. The lowest BCUT2D eigenvalue weighted by molar-refractivity contribution is -0.151. The molecule has 0 saturated carbocycles. The number of aromatic nitrogens is 1. The number of para-hydroxylation sites is 1. The Balaban J connectivity index is 1.42. The number of aliphatic hydroxyl groups is 1. The van der Waals surface area contributed by atoms with E-state index in [4.69, 9.17) is 14.2 Å². The minimum absolute atomic E-state index is 0.132. The number of nitrogens with one attached hydrogen (secondary N) is 1. The molecule has 0 bridgehead atoms. The number of ether oxygens (including phenoxy) is 3. The number of hydrogen-bond acceptors (Lipinski definition) is 6. The number of amides is 2. The molecule has 2 aromatic carbocycles. The van der Waals surface area contributed by atoms with Gasteiger partial charge in [0, 0.05) is 30.2 Å². The summed E-state index contributed by atoms with van der Waals surface area (Å²) >= 11 is 0. The van der Waals surface area contributed by atoms with Crippen LogP contribution in [0.15, 0.2) is 36.4 Å². The fourth-order valence-electron chi connectivity index (χ4n) is 6.22. The van der Waals surface area contributed by atoms with Crippen molar-refractivity contribution in [1.29, 1.82) is 0 Å². The first-order valence-corrected chi connectivity index (χ1v) is 12.8. The van der Waals surface area contributed by atoms with Crippen LogP contribution in [0, 0.1) is 5.92 Å². The molecule has 1 fully saturated rings. The van der Waals surface area contributed by atoms with E-state index in [2.05, 4.69) is 23.2 Å². The van der Waals surface area contributed by atoms with Crippen LogP contribution < -0.4 is 9.47 Å². The zero-order valence-corrected chi connectivity index (χ0v) is 21.2. The van der Waals surface area contributed by atoms with Crippen LogP contribution in [0.5, 0.6) is 11.5 Å². The lowest BCUT2D eigenvalue weighted by Gasteiger charge is -2.48. The summed E-state index contributed by atoms with van der Waals surface area (Å²) in [6.45, 7) is 4.40. The van der Waals surface area contributed by atoms with Crippen molar-refractivity contribution in [2.75, 3.05) is 27.0 Å². The second-order valence-corrected chi connectivity index (χ2v) is 9.99. The molecule has 0 unspecified atom stereocenters. The van der Waals surface area contributed by atoms with E-state index >= 15 is 0 Å². The number of aromatic amines is 1. The third-order valence-corrected chi connectivity index (χ3v) is 7.99. The molecule has 2 amide bonds. The van der Waals surface area contributed by atoms with Crippen LogP contribution in [0.25, 0.3) is 22.0 Å². The molecular weight excluding hydrogens is 474 g/mol. The standard InChI is InChI=1S/C28H31N3O6/c1-4-35-28(34)30(3)20-13-21-26-19(10-11-31(21)27(33)24(20)15(2)32)18-7-5-6-17(25(18)29-26)16-8-9-22-23(12-16)37-14-36-22/h5-9,12,15,20-21,24,29,32H,4,10-11,13-14H2,1-3H3/t15-,20-,21-,24-/m0/s1. The average molecular weight is 506 g/mol. The molecule has 4 atom stereocenters. The van der Waals surface area contributed by atoms with Crippen molar-refractivity contribution in [2.24, 2.45) is 5.92 Å². The molecular formula is C28H31N3O6. The molecule has 0 radical (unpaired) electrons. The third kappa shape index (κ3) is 3.71. The number of rotatable bonds is 4. The van der Waals surface area contributed by atoms with E-state index in [-0.39, 0.29) is 25.3 Å². The van der Waals surface area contributed by atoms with Crippen LogP contribution in [-0.4, -0.2) is 71.0 Å². The zero-order valence-electron chi connectivity index (χ0n) is 21.2. The molecule has 9 nitrogen and oxygen atoms in total. The lowest BCUT2D eigenvalue weighted by Crippen LogP contribution is -2.59. The molecule has 4 heterocycles. The van der Waals surface area contributed by atoms with E-state index in [0.717, 1.165) is 39.2 Å². The Hall–Kier alpha value is -3.72. The summed E-state index contributed by atoms with van der Waals surface area (Å²) in [5, 5.41) is 11.7. The number of piperidine rings is 1. The normalized spacial score (nSPS) is 23.0. The molecule has 9 heteroatoms. The Bertz CT molecular complexity index is 1380.